The molecule has 0 aromatic carbocycles. The van der Waals surface area contributed by atoms with Crippen LogP contribution >= 0.6 is 0 Å². The van der Waals surface area contributed by atoms with E-state index in [9.17, 15) is 5.11 Å². The van der Waals surface area contributed by atoms with Gasteiger partial charge >= 0.3 is 0 Å². The van der Waals surface area contributed by atoms with E-state index in [1.807, 2.05) is 6.08 Å². The smallest absolute Gasteiger partial charge is 0.0925 e. The SMILES string of the molecule is C=CCC1CC=C(C(O)(CC=C)CC=C)CC1. The first-order valence-electron chi connectivity index (χ1n) is 6.41. The van der Waals surface area contributed by atoms with Gasteiger partial charge in [-0.1, -0.05) is 24.3 Å². The Balaban J connectivity index is 2.73. The highest BCUT2D eigenvalue weighted by Gasteiger charge is 2.30. The molecule has 1 aliphatic rings. The van der Waals surface area contributed by atoms with Crippen molar-refractivity contribution in [2.75, 3.05) is 0 Å². The summed E-state index contributed by atoms with van der Waals surface area (Å²) in [7, 11) is 0. The van der Waals surface area contributed by atoms with Gasteiger partial charge < -0.3 is 5.11 Å². The monoisotopic (exact) mass is 232 g/mol. The third kappa shape index (κ3) is 3.71. The van der Waals surface area contributed by atoms with E-state index < -0.39 is 5.60 Å². The van der Waals surface area contributed by atoms with Crippen molar-refractivity contribution >= 4 is 0 Å². The standard InChI is InChI=1S/C16H24O/c1-4-7-14-8-10-15(11-9-14)16(17,12-5-2)13-6-3/h4-6,10,14,17H,1-3,7-9,11-13H2. The van der Waals surface area contributed by atoms with Crippen LogP contribution in [0.4, 0.5) is 0 Å². The van der Waals surface area contributed by atoms with Crippen molar-refractivity contribution in [2.24, 2.45) is 5.92 Å². The molecule has 1 N–H and O–H groups in total. The molecule has 94 valence electrons. The molecule has 17 heavy (non-hydrogen) atoms. The molecule has 1 heteroatoms. The Labute approximate surface area is 105 Å². The lowest BCUT2D eigenvalue weighted by Crippen LogP contribution is -2.31. The Bertz CT molecular complexity index is 301. The van der Waals surface area contributed by atoms with Crippen LogP contribution in [0.3, 0.4) is 0 Å². The molecule has 0 radical (unpaired) electrons. The van der Waals surface area contributed by atoms with Gasteiger partial charge in [0, 0.05) is 0 Å². The van der Waals surface area contributed by atoms with Crippen molar-refractivity contribution in [3.05, 3.63) is 49.6 Å². The lowest BCUT2D eigenvalue weighted by atomic mass is 9.77. The molecule has 0 saturated carbocycles. The Kier molecular flexibility index (Phi) is 5.43. The zero-order valence-electron chi connectivity index (χ0n) is 10.7. The highest BCUT2D eigenvalue weighted by Crippen LogP contribution is 2.36. The maximum atomic E-state index is 10.6. The maximum Gasteiger partial charge on any atom is 0.0925 e. The molecule has 0 aliphatic heterocycles. The van der Waals surface area contributed by atoms with Crippen LogP contribution < -0.4 is 0 Å². The van der Waals surface area contributed by atoms with Crippen LogP contribution in [0, 0.1) is 5.92 Å². The van der Waals surface area contributed by atoms with E-state index in [1.54, 1.807) is 12.2 Å². The highest BCUT2D eigenvalue weighted by molar-refractivity contribution is 5.22. The van der Waals surface area contributed by atoms with Gasteiger partial charge in [0.15, 0.2) is 0 Å². The summed E-state index contributed by atoms with van der Waals surface area (Å²) in [6, 6.07) is 0. The Hall–Kier alpha value is -1.08. The van der Waals surface area contributed by atoms with Gasteiger partial charge in [-0.2, -0.15) is 0 Å². The van der Waals surface area contributed by atoms with Crippen molar-refractivity contribution in [2.45, 2.75) is 44.1 Å². The lowest BCUT2D eigenvalue weighted by Gasteiger charge is -2.33. The van der Waals surface area contributed by atoms with Crippen LogP contribution in [0.1, 0.15) is 38.5 Å². The minimum absolute atomic E-state index is 0.608. The number of hydrogen-bond donors (Lipinski definition) is 1. The second-order valence-corrected chi connectivity index (χ2v) is 4.91. The van der Waals surface area contributed by atoms with Gasteiger partial charge in [-0.25, -0.2) is 0 Å². The number of allylic oxidation sites excluding steroid dienone is 2. The van der Waals surface area contributed by atoms with Gasteiger partial charge in [0.25, 0.3) is 0 Å². The van der Waals surface area contributed by atoms with Crippen LogP contribution in [0.2, 0.25) is 0 Å². The first kappa shape index (κ1) is 14.0. The zero-order valence-corrected chi connectivity index (χ0v) is 10.7. The predicted molar refractivity (Wildman–Crippen MR) is 74.8 cm³/mol. The summed E-state index contributed by atoms with van der Waals surface area (Å²) in [5.41, 5.74) is 0.417. The molecule has 0 bridgehead atoms. The van der Waals surface area contributed by atoms with E-state index in [0.29, 0.717) is 18.8 Å². The van der Waals surface area contributed by atoms with Gasteiger partial charge in [-0.15, -0.1) is 19.7 Å². The molecule has 0 saturated heterocycles. The largest absolute Gasteiger partial charge is 0.385 e. The average molecular weight is 232 g/mol. The lowest BCUT2D eigenvalue weighted by molar-refractivity contribution is 0.0778. The minimum Gasteiger partial charge on any atom is -0.385 e. The summed E-state index contributed by atoms with van der Waals surface area (Å²) in [5.74, 6) is 0.702. The number of hydrogen-bond acceptors (Lipinski definition) is 1. The second-order valence-electron chi connectivity index (χ2n) is 4.91. The van der Waals surface area contributed by atoms with Crippen LogP contribution in [-0.2, 0) is 0 Å². The summed E-state index contributed by atoms with van der Waals surface area (Å²) in [4.78, 5) is 0. The van der Waals surface area contributed by atoms with E-state index in [2.05, 4.69) is 25.8 Å². The molecule has 0 fully saturated rings. The van der Waals surface area contributed by atoms with E-state index in [-0.39, 0.29) is 0 Å². The summed E-state index contributed by atoms with van der Waals surface area (Å²) in [6.07, 6.45) is 13.3. The fourth-order valence-corrected chi connectivity index (χ4v) is 2.58. The molecular weight excluding hydrogens is 208 g/mol. The van der Waals surface area contributed by atoms with Crippen LogP contribution in [-0.4, -0.2) is 10.7 Å². The van der Waals surface area contributed by atoms with Crippen molar-refractivity contribution < 1.29 is 5.11 Å². The molecule has 1 atom stereocenters. The van der Waals surface area contributed by atoms with Crippen molar-refractivity contribution in [3.8, 4) is 0 Å². The molecule has 1 nitrogen and oxygen atoms in total. The third-order valence-electron chi connectivity index (χ3n) is 3.58. The molecule has 0 aromatic heterocycles. The fraction of sp³-hybridized carbons (Fsp3) is 0.500. The van der Waals surface area contributed by atoms with Crippen LogP contribution in [0.15, 0.2) is 49.6 Å². The van der Waals surface area contributed by atoms with Gasteiger partial charge in [-0.05, 0) is 50.0 Å². The molecular formula is C16H24O. The fourth-order valence-electron chi connectivity index (χ4n) is 2.58. The molecule has 0 aromatic rings. The molecule has 1 rings (SSSR count). The summed E-state index contributed by atoms with van der Waals surface area (Å²) < 4.78 is 0. The number of aliphatic hydroxyl groups is 1. The predicted octanol–water partition coefficient (Wildman–Crippen LogP) is 4.17. The van der Waals surface area contributed by atoms with Gasteiger partial charge in [-0.3, -0.25) is 0 Å². The molecule has 0 amide bonds. The van der Waals surface area contributed by atoms with Crippen molar-refractivity contribution in [3.63, 3.8) is 0 Å². The Morgan fingerprint density at radius 2 is 1.88 bits per heavy atom. The van der Waals surface area contributed by atoms with E-state index in [0.717, 1.165) is 31.3 Å². The minimum atomic E-state index is -0.747. The van der Waals surface area contributed by atoms with Crippen LogP contribution in [0.5, 0.6) is 0 Å². The Morgan fingerprint density at radius 1 is 1.24 bits per heavy atom. The topological polar surface area (TPSA) is 20.2 Å². The zero-order chi connectivity index (χ0) is 12.7. The van der Waals surface area contributed by atoms with E-state index in [1.165, 1.54) is 0 Å². The first-order chi connectivity index (χ1) is 8.16. The Morgan fingerprint density at radius 3 is 2.29 bits per heavy atom. The molecule has 1 aliphatic carbocycles. The summed E-state index contributed by atoms with van der Waals surface area (Å²) in [6.45, 7) is 11.2. The van der Waals surface area contributed by atoms with E-state index >= 15 is 0 Å². The third-order valence-corrected chi connectivity index (χ3v) is 3.58. The van der Waals surface area contributed by atoms with Gasteiger partial charge in [0.05, 0.1) is 5.60 Å². The highest BCUT2D eigenvalue weighted by atomic mass is 16.3. The summed E-state index contributed by atoms with van der Waals surface area (Å²) >= 11 is 0. The van der Waals surface area contributed by atoms with Crippen molar-refractivity contribution in [1.29, 1.82) is 0 Å². The number of rotatable bonds is 7. The maximum absolute atomic E-state index is 10.6. The second kappa shape index (κ2) is 6.61. The quantitative estimate of drug-likeness (QED) is 0.653. The normalized spacial score (nSPS) is 20.5. The molecule has 0 spiro atoms. The van der Waals surface area contributed by atoms with Crippen molar-refractivity contribution in [1.82, 2.24) is 0 Å². The van der Waals surface area contributed by atoms with Crippen LogP contribution in [0.25, 0.3) is 0 Å². The average Bonchev–Trinajstić information content (AvgIpc) is 2.31. The van der Waals surface area contributed by atoms with Gasteiger partial charge in [0.2, 0.25) is 0 Å². The van der Waals surface area contributed by atoms with Gasteiger partial charge in [0.1, 0.15) is 0 Å². The summed E-state index contributed by atoms with van der Waals surface area (Å²) in [5, 5.41) is 10.6. The first-order valence-corrected chi connectivity index (χ1v) is 6.41. The molecule has 1 unspecified atom stereocenters. The van der Waals surface area contributed by atoms with E-state index in [4.69, 9.17) is 0 Å². The molecule has 0 heterocycles.